The molecule has 0 amide bonds. The van der Waals surface area contributed by atoms with Crippen molar-refractivity contribution in [2.24, 2.45) is 5.73 Å². The van der Waals surface area contributed by atoms with Crippen LogP contribution in [0.1, 0.15) is 30.0 Å². The van der Waals surface area contributed by atoms with Crippen molar-refractivity contribution in [2.75, 3.05) is 6.54 Å². The Morgan fingerprint density at radius 3 is 2.62 bits per heavy atom. The Kier molecular flexibility index (Phi) is 4.33. The lowest BCUT2D eigenvalue weighted by Crippen LogP contribution is -2.35. The minimum absolute atomic E-state index is 0.0764. The lowest BCUT2D eigenvalue weighted by molar-refractivity contribution is 0.181. The third kappa shape index (κ3) is 3.31. The molecule has 1 aliphatic carbocycles. The summed E-state index contributed by atoms with van der Waals surface area (Å²) in [6.45, 7) is 1.20. The average molecular weight is 308 g/mol. The van der Waals surface area contributed by atoms with Crippen LogP contribution >= 0.6 is 11.3 Å². The number of rotatable bonds is 6. The Morgan fingerprint density at radius 2 is 2.05 bits per heavy atom. The molecule has 112 valence electrons. The van der Waals surface area contributed by atoms with Gasteiger partial charge in [0.1, 0.15) is 0 Å². The van der Waals surface area contributed by atoms with Crippen molar-refractivity contribution in [3.63, 3.8) is 0 Å². The Morgan fingerprint density at radius 1 is 1.24 bits per heavy atom. The minimum atomic E-state index is -0.815. The number of nitrogens with zero attached hydrogens (tertiary/aromatic N) is 1. The molecule has 21 heavy (non-hydrogen) atoms. The smallest absolute Gasteiger partial charge is 0.159 e. The van der Waals surface area contributed by atoms with Crippen LogP contribution < -0.4 is 5.73 Å². The lowest BCUT2D eigenvalue weighted by Gasteiger charge is -2.31. The van der Waals surface area contributed by atoms with Gasteiger partial charge in [-0.15, -0.1) is 0 Å². The normalized spacial score (nSPS) is 16.4. The maximum atomic E-state index is 13.5. The molecule has 0 saturated heterocycles. The fraction of sp³-hybridized carbons (Fsp3) is 0.375. The van der Waals surface area contributed by atoms with Crippen molar-refractivity contribution in [1.82, 2.24) is 4.90 Å². The van der Waals surface area contributed by atoms with Crippen molar-refractivity contribution >= 4 is 11.3 Å². The molecule has 1 atom stereocenters. The van der Waals surface area contributed by atoms with Gasteiger partial charge in [-0.2, -0.15) is 11.3 Å². The van der Waals surface area contributed by atoms with Gasteiger partial charge in [0.2, 0.25) is 0 Å². The van der Waals surface area contributed by atoms with Crippen LogP contribution in [-0.2, 0) is 6.54 Å². The predicted molar refractivity (Wildman–Crippen MR) is 81.0 cm³/mol. The van der Waals surface area contributed by atoms with E-state index in [1.165, 1.54) is 17.7 Å². The van der Waals surface area contributed by atoms with Gasteiger partial charge in [-0.25, -0.2) is 8.78 Å². The molecule has 1 aliphatic rings. The second-order valence-corrected chi connectivity index (χ2v) is 6.24. The quantitative estimate of drug-likeness (QED) is 0.882. The monoisotopic (exact) mass is 308 g/mol. The van der Waals surface area contributed by atoms with E-state index in [0.29, 0.717) is 12.6 Å². The lowest BCUT2D eigenvalue weighted by atomic mass is 10.0. The van der Waals surface area contributed by atoms with Crippen LogP contribution in [0, 0.1) is 11.6 Å². The van der Waals surface area contributed by atoms with E-state index in [1.54, 1.807) is 17.4 Å². The first-order valence-corrected chi connectivity index (χ1v) is 8.05. The molecule has 2 nitrogen and oxygen atoms in total. The summed E-state index contributed by atoms with van der Waals surface area (Å²) in [5.41, 5.74) is 7.93. The number of nitrogens with two attached hydrogens (primary N) is 1. The number of hydrogen-bond donors (Lipinski definition) is 1. The number of thiophene rings is 1. The van der Waals surface area contributed by atoms with Crippen molar-refractivity contribution < 1.29 is 8.78 Å². The Bertz CT molecular complexity index is 596. The predicted octanol–water partition coefficient (Wildman–Crippen LogP) is 3.69. The highest BCUT2D eigenvalue weighted by atomic mass is 32.1. The molecule has 1 fully saturated rings. The zero-order chi connectivity index (χ0) is 14.8. The molecule has 2 N–H and O–H groups in total. The number of halogens is 2. The van der Waals surface area contributed by atoms with Gasteiger partial charge in [0.15, 0.2) is 11.6 Å². The molecule has 0 bridgehead atoms. The first kappa shape index (κ1) is 14.6. The second-order valence-electron chi connectivity index (χ2n) is 5.46. The highest BCUT2D eigenvalue weighted by Crippen LogP contribution is 2.36. The molecule has 1 aromatic heterocycles. The van der Waals surface area contributed by atoms with Crippen molar-refractivity contribution in [1.29, 1.82) is 0 Å². The van der Waals surface area contributed by atoms with Gasteiger partial charge in [0, 0.05) is 25.2 Å². The van der Waals surface area contributed by atoms with E-state index in [1.807, 2.05) is 0 Å². The van der Waals surface area contributed by atoms with Crippen molar-refractivity contribution in [3.8, 4) is 0 Å². The van der Waals surface area contributed by atoms with Crippen LogP contribution in [0.3, 0.4) is 0 Å². The van der Waals surface area contributed by atoms with E-state index in [0.717, 1.165) is 24.9 Å². The number of hydrogen-bond acceptors (Lipinski definition) is 3. The van der Waals surface area contributed by atoms with Gasteiger partial charge in [0.25, 0.3) is 0 Å². The maximum Gasteiger partial charge on any atom is 0.159 e. The Labute approximate surface area is 127 Å². The summed E-state index contributed by atoms with van der Waals surface area (Å²) in [6.07, 6.45) is 2.29. The summed E-state index contributed by atoms with van der Waals surface area (Å²) in [6, 6.07) is 6.61. The van der Waals surface area contributed by atoms with Crippen LogP contribution in [-0.4, -0.2) is 17.5 Å². The van der Waals surface area contributed by atoms with E-state index in [2.05, 4.69) is 21.7 Å². The van der Waals surface area contributed by atoms with E-state index in [-0.39, 0.29) is 6.04 Å². The Balaban J connectivity index is 1.86. The molecule has 1 heterocycles. The van der Waals surface area contributed by atoms with Crippen LogP contribution in [0.5, 0.6) is 0 Å². The third-order valence-corrected chi connectivity index (χ3v) is 4.65. The highest BCUT2D eigenvalue weighted by Gasteiger charge is 2.34. The van der Waals surface area contributed by atoms with Crippen molar-refractivity contribution in [3.05, 3.63) is 57.8 Å². The SMILES string of the molecule is NCC(c1ccc(F)c(F)c1)N(Cc1ccsc1)C1CC1. The summed E-state index contributed by atoms with van der Waals surface area (Å²) in [4.78, 5) is 2.31. The fourth-order valence-corrected chi connectivity index (χ4v) is 3.34. The molecule has 1 unspecified atom stereocenters. The molecule has 5 heteroatoms. The van der Waals surface area contributed by atoms with E-state index >= 15 is 0 Å². The van der Waals surface area contributed by atoms with Gasteiger partial charge in [-0.3, -0.25) is 4.90 Å². The largest absolute Gasteiger partial charge is 0.329 e. The molecular formula is C16H18F2N2S. The molecule has 0 spiro atoms. The third-order valence-electron chi connectivity index (χ3n) is 3.91. The van der Waals surface area contributed by atoms with E-state index in [9.17, 15) is 8.78 Å². The second kappa shape index (κ2) is 6.22. The summed E-state index contributed by atoms with van der Waals surface area (Å²) in [5.74, 6) is -1.62. The molecule has 3 rings (SSSR count). The van der Waals surface area contributed by atoms with Gasteiger partial charge in [0.05, 0.1) is 0 Å². The molecule has 0 aliphatic heterocycles. The van der Waals surface area contributed by atoms with Crippen LogP contribution in [0.4, 0.5) is 8.78 Å². The summed E-state index contributed by atoms with van der Waals surface area (Å²) in [5, 5.41) is 4.17. The zero-order valence-electron chi connectivity index (χ0n) is 11.6. The molecule has 1 saturated carbocycles. The maximum absolute atomic E-state index is 13.5. The molecule has 0 radical (unpaired) electrons. The van der Waals surface area contributed by atoms with Crippen molar-refractivity contribution in [2.45, 2.75) is 31.5 Å². The first-order chi connectivity index (χ1) is 10.2. The van der Waals surface area contributed by atoms with E-state index < -0.39 is 11.6 Å². The fourth-order valence-electron chi connectivity index (χ4n) is 2.68. The molecule has 2 aromatic rings. The first-order valence-electron chi connectivity index (χ1n) is 7.11. The van der Waals surface area contributed by atoms with E-state index in [4.69, 9.17) is 5.73 Å². The standard InChI is InChI=1S/C16H18F2N2S/c17-14-4-1-12(7-15(14)18)16(8-19)20(13-2-3-13)9-11-5-6-21-10-11/h1,4-7,10,13,16H,2-3,8-9,19H2. The average Bonchev–Trinajstić information content (AvgIpc) is 3.20. The topological polar surface area (TPSA) is 29.3 Å². The van der Waals surface area contributed by atoms with Crippen LogP contribution in [0.2, 0.25) is 0 Å². The minimum Gasteiger partial charge on any atom is -0.329 e. The van der Waals surface area contributed by atoms with Gasteiger partial charge >= 0.3 is 0 Å². The van der Waals surface area contributed by atoms with Crippen LogP contribution in [0.25, 0.3) is 0 Å². The number of benzene rings is 1. The molecular weight excluding hydrogens is 290 g/mol. The zero-order valence-corrected chi connectivity index (χ0v) is 12.5. The van der Waals surface area contributed by atoms with Gasteiger partial charge in [-0.05, 0) is 52.9 Å². The van der Waals surface area contributed by atoms with Gasteiger partial charge < -0.3 is 5.73 Å². The highest BCUT2D eigenvalue weighted by molar-refractivity contribution is 7.07. The molecule has 1 aromatic carbocycles. The summed E-state index contributed by atoms with van der Waals surface area (Å²) in [7, 11) is 0. The summed E-state index contributed by atoms with van der Waals surface area (Å²) >= 11 is 1.67. The van der Waals surface area contributed by atoms with Crippen LogP contribution in [0.15, 0.2) is 35.0 Å². The Hall–Kier alpha value is -1.30. The van der Waals surface area contributed by atoms with Gasteiger partial charge in [-0.1, -0.05) is 6.07 Å². The summed E-state index contributed by atoms with van der Waals surface area (Å²) < 4.78 is 26.6.